The monoisotopic (exact) mass is 300 g/mol. The van der Waals surface area contributed by atoms with E-state index >= 15 is 0 Å². The molecule has 2 unspecified atom stereocenters. The van der Waals surface area contributed by atoms with Crippen molar-refractivity contribution in [2.45, 2.75) is 79.3 Å². The zero-order valence-corrected chi connectivity index (χ0v) is 14.3. The van der Waals surface area contributed by atoms with Crippen LogP contribution in [0.5, 0.6) is 0 Å². The predicted molar refractivity (Wildman–Crippen MR) is 85.3 cm³/mol. The highest BCUT2D eigenvalue weighted by molar-refractivity contribution is 5.76. The molecular formula is C16H32N2O3. The second kappa shape index (κ2) is 8.90. The van der Waals surface area contributed by atoms with E-state index in [4.69, 9.17) is 5.11 Å². The molecule has 0 aliphatic rings. The van der Waals surface area contributed by atoms with Gasteiger partial charge in [-0.1, -0.05) is 34.6 Å². The van der Waals surface area contributed by atoms with Crippen LogP contribution in [0.4, 0.5) is 4.79 Å². The fourth-order valence-corrected chi connectivity index (χ4v) is 2.23. The largest absolute Gasteiger partial charge is 0.481 e. The van der Waals surface area contributed by atoms with Gasteiger partial charge in [-0.2, -0.15) is 0 Å². The van der Waals surface area contributed by atoms with Gasteiger partial charge in [0, 0.05) is 12.1 Å². The van der Waals surface area contributed by atoms with Gasteiger partial charge in [-0.25, -0.2) is 4.79 Å². The van der Waals surface area contributed by atoms with Crippen LogP contribution in [-0.4, -0.2) is 29.2 Å². The van der Waals surface area contributed by atoms with Crippen LogP contribution in [0.3, 0.4) is 0 Å². The minimum atomic E-state index is -0.891. The first-order chi connectivity index (χ1) is 9.49. The van der Waals surface area contributed by atoms with Crippen LogP contribution >= 0.6 is 0 Å². The molecule has 5 heteroatoms. The fraction of sp³-hybridized carbons (Fsp3) is 0.875. The third-order valence-electron chi connectivity index (χ3n) is 3.17. The van der Waals surface area contributed by atoms with E-state index < -0.39 is 5.97 Å². The molecule has 0 aliphatic carbocycles. The third kappa shape index (κ3) is 12.2. The molecule has 3 N–H and O–H groups in total. The Labute approximate surface area is 128 Å². The molecule has 2 atom stereocenters. The van der Waals surface area contributed by atoms with E-state index in [9.17, 15) is 9.59 Å². The molecular weight excluding hydrogens is 268 g/mol. The van der Waals surface area contributed by atoms with Crippen LogP contribution in [0, 0.1) is 11.3 Å². The number of rotatable bonds is 8. The maximum atomic E-state index is 12.0. The number of hydrogen-bond acceptors (Lipinski definition) is 2. The van der Waals surface area contributed by atoms with Crippen molar-refractivity contribution in [2.75, 3.05) is 0 Å². The summed E-state index contributed by atoms with van der Waals surface area (Å²) in [6.07, 6.45) is 2.56. The molecule has 0 aromatic carbocycles. The average Bonchev–Trinajstić information content (AvgIpc) is 2.22. The molecule has 0 aromatic heterocycles. The van der Waals surface area contributed by atoms with Crippen LogP contribution in [0.15, 0.2) is 0 Å². The lowest BCUT2D eigenvalue weighted by Crippen LogP contribution is -2.47. The summed E-state index contributed by atoms with van der Waals surface area (Å²) < 4.78 is 0. The van der Waals surface area contributed by atoms with E-state index in [1.807, 2.05) is 27.7 Å². The van der Waals surface area contributed by atoms with Gasteiger partial charge in [-0.15, -0.1) is 0 Å². The molecule has 0 rings (SSSR count). The second-order valence-electron chi connectivity index (χ2n) is 7.55. The maximum Gasteiger partial charge on any atom is 0.315 e. The molecule has 0 heterocycles. The summed E-state index contributed by atoms with van der Waals surface area (Å²) >= 11 is 0. The van der Waals surface area contributed by atoms with Crippen LogP contribution in [0.2, 0.25) is 0 Å². The maximum absolute atomic E-state index is 12.0. The average molecular weight is 300 g/mol. The lowest BCUT2D eigenvalue weighted by Gasteiger charge is -2.26. The van der Waals surface area contributed by atoms with Crippen molar-refractivity contribution in [1.82, 2.24) is 10.6 Å². The highest BCUT2D eigenvalue weighted by Crippen LogP contribution is 2.22. The lowest BCUT2D eigenvalue weighted by atomic mass is 9.87. The highest BCUT2D eigenvalue weighted by Gasteiger charge is 2.23. The van der Waals surface area contributed by atoms with Crippen molar-refractivity contribution in [3.63, 3.8) is 0 Å². The first-order valence-electron chi connectivity index (χ1n) is 7.78. The SMILES string of the molecule is CC(C)CCC(C)NC(=O)NC(CC(=O)O)CC(C)(C)C. The summed E-state index contributed by atoms with van der Waals surface area (Å²) in [6.45, 7) is 12.4. The quantitative estimate of drug-likeness (QED) is 0.643. The van der Waals surface area contributed by atoms with Gasteiger partial charge in [0.15, 0.2) is 0 Å². The predicted octanol–water partition coefficient (Wildman–Crippen LogP) is 3.39. The molecule has 0 bridgehead atoms. The van der Waals surface area contributed by atoms with Crippen molar-refractivity contribution >= 4 is 12.0 Å². The van der Waals surface area contributed by atoms with Crippen molar-refractivity contribution in [3.05, 3.63) is 0 Å². The zero-order chi connectivity index (χ0) is 16.6. The van der Waals surface area contributed by atoms with E-state index in [2.05, 4.69) is 24.5 Å². The summed E-state index contributed by atoms with van der Waals surface area (Å²) in [5.74, 6) is -0.282. The normalized spacial score (nSPS) is 14.6. The Morgan fingerprint density at radius 3 is 2.05 bits per heavy atom. The van der Waals surface area contributed by atoms with Crippen LogP contribution < -0.4 is 10.6 Å². The molecule has 0 spiro atoms. The Morgan fingerprint density at radius 2 is 1.62 bits per heavy atom. The minimum Gasteiger partial charge on any atom is -0.481 e. The molecule has 0 radical (unpaired) electrons. The molecule has 2 amide bonds. The number of carboxylic acids is 1. The van der Waals surface area contributed by atoms with Gasteiger partial charge >= 0.3 is 12.0 Å². The first kappa shape index (κ1) is 19.7. The van der Waals surface area contributed by atoms with Crippen molar-refractivity contribution in [3.8, 4) is 0 Å². The molecule has 5 nitrogen and oxygen atoms in total. The minimum absolute atomic E-state index is 0.0311. The summed E-state index contributed by atoms with van der Waals surface area (Å²) in [6, 6.07) is -0.533. The van der Waals surface area contributed by atoms with Gasteiger partial charge in [0.25, 0.3) is 0 Å². The zero-order valence-electron chi connectivity index (χ0n) is 14.3. The molecule has 124 valence electrons. The van der Waals surface area contributed by atoms with E-state index in [1.54, 1.807) is 0 Å². The number of carbonyl (C=O) groups excluding carboxylic acids is 1. The molecule has 0 saturated carbocycles. The summed E-state index contributed by atoms with van der Waals surface area (Å²) in [5, 5.41) is 14.6. The van der Waals surface area contributed by atoms with Gasteiger partial charge in [-0.05, 0) is 37.5 Å². The van der Waals surface area contributed by atoms with Gasteiger partial charge in [0.2, 0.25) is 0 Å². The Hall–Kier alpha value is -1.26. The highest BCUT2D eigenvalue weighted by atomic mass is 16.4. The topological polar surface area (TPSA) is 78.4 Å². The van der Waals surface area contributed by atoms with Gasteiger partial charge < -0.3 is 15.7 Å². The third-order valence-corrected chi connectivity index (χ3v) is 3.17. The van der Waals surface area contributed by atoms with Crippen molar-refractivity contribution < 1.29 is 14.7 Å². The molecule has 0 aromatic rings. The second-order valence-corrected chi connectivity index (χ2v) is 7.55. The standard InChI is InChI=1S/C16H32N2O3/c1-11(2)7-8-12(3)17-15(21)18-13(9-14(19)20)10-16(4,5)6/h11-13H,7-10H2,1-6H3,(H,19,20)(H2,17,18,21). The number of carbonyl (C=O) groups is 2. The van der Waals surface area contributed by atoms with Gasteiger partial charge in [-0.3, -0.25) is 4.79 Å². The van der Waals surface area contributed by atoms with E-state index in [-0.39, 0.29) is 30.0 Å². The van der Waals surface area contributed by atoms with Crippen LogP contribution in [-0.2, 0) is 4.79 Å². The molecule has 0 fully saturated rings. The van der Waals surface area contributed by atoms with Gasteiger partial charge in [0.1, 0.15) is 0 Å². The van der Waals surface area contributed by atoms with E-state index in [0.717, 1.165) is 12.8 Å². The Balaban J connectivity index is 4.35. The molecule has 21 heavy (non-hydrogen) atoms. The number of amides is 2. The van der Waals surface area contributed by atoms with E-state index in [1.165, 1.54) is 0 Å². The fourth-order valence-electron chi connectivity index (χ4n) is 2.23. The number of nitrogens with one attached hydrogen (secondary N) is 2. The number of urea groups is 1. The smallest absolute Gasteiger partial charge is 0.315 e. The summed E-state index contributed by atoms with van der Waals surface area (Å²) in [5.41, 5.74) is -0.0311. The molecule has 0 saturated heterocycles. The van der Waals surface area contributed by atoms with Crippen molar-refractivity contribution in [1.29, 1.82) is 0 Å². The summed E-state index contributed by atoms with van der Waals surface area (Å²) in [7, 11) is 0. The first-order valence-corrected chi connectivity index (χ1v) is 7.78. The Bertz CT molecular complexity index is 335. The van der Waals surface area contributed by atoms with Crippen LogP contribution in [0.25, 0.3) is 0 Å². The molecule has 0 aliphatic heterocycles. The number of hydrogen-bond donors (Lipinski definition) is 3. The summed E-state index contributed by atoms with van der Waals surface area (Å²) in [4.78, 5) is 22.9. The van der Waals surface area contributed by atoms with E-state index in [0.29, 0.717) is 12.3 Å². The van der Waals surface area contributed by atoms with Gasteiger partial charge in [0.05, 0.1) is 6.42 Å². The van der Waals surface area contributed by atoms with Crippen LogP contribution in [0.1, 0.15) is 67.2 Å². The number of carboxylic acid groups (broad SMARTS) is 1. The number of aliphatic carboxylic acids is 1. The lowest BCUT2D eigenvalue weighted by molar-refractivity contribution is -0.137. The van der Waals surface area contributed by atoms with Crippen molar-refractivity contribution in [2.24, 2.45) is 11.3 Å². The Kier molecular flexibility index (Phi) is 8.37. The Morgan fingerprint density at radius 1 is 1.05 bits per heavy atom.